The SMILES string of the molecule is c1ccc(-c2ccc3c(c2)c2ccccc2n3-c2cccc3c2oc2cc(C4CC(c5ccccc5)Nc5ccccc54)ccc23)cc1. The average Bonchev–Trinajstić information content (AvgIpc) is 3.70. The van der Waals surface area contributed by atoms with Crippen LogP contribution >= 0.6 is 0 Å². The van der Waals surface area contributed by atoms with E-state index >= 15 is 0 Å². The Morgan fingerprint density at radius 2 is 1.27 bits per heavy atom. The van der Waals surface area contributed by atoms with Crippen molar-refractivity contribution >= 4 is 49.4 Å². The Bertz CT molecular complexity index is 2630. The molecule has 2 unspecified atom stereocenters. The molecule has 48 heavy (non-hydrogen) atoms. The number of nitrogens with zero attached hydrogens (tertiary/aromatic N) is 1. The highest BCUT2D eigenvalue weighted by molar-refractivity contribution is 6.13. The van der Waals surface area contributed by atoms with Crippen LogP contribution < -0.4 is 5.32 Å². The summed E-state index contributed by atoms with van der Waals surface area (Å²) in [5, 5.41) is 8.56. The molecule has 10 rings (SSSR count). The summed E-state index contributed by atoms with van der Waals surface area (Å²) >= 11 is 0. The Hall–Kier alpha value is -6.06. The second-order valence-corrected chi connectivity index (χ2v) is 12.9. The van der Waals surface area contributed by atoms with Crippen LogP contribution in [0.15, 0.2) is 168 Å². The number of nitrogens with one attached hydrogen (secondary N) is 1. The Morgan fingerprint density at radius 3 is 2.17 bits per heavy atom. The Kier molecular flexibility index (Phi) is 6.07. The molecule has 2 atom stereocenters. The first-order valence-corrected chi connectivity index (χ1v) is 16.7. The molecule has 0 saturated heterocycles. The topological polar surface area (TPSA) is 30.1 Å². The molecule has 2 aromatic heterocycles. The van der Waals surface area contributed by atoms with Crippen LogP contribution in [0.5, 0.6) is 0 Å². The number of rotatable bonds is 4. The summed E-state index contributed by atoms with van der Waals surface area (Å²) in [7, 11) is 0. The number of hydrogen-bond donors (Lipinski definition) is 1. The van der Waals surface area contributed by atoms with Gasteiger partial charge < -0.3 is 14.3 Å². The van der Waals surface area contributed by atoms with Crippen molar-refractivity contribution in [3.8, 4) is 16.8 Å². The van der Waals surface area contributed by atoms with Crippen LogP contribution in [-0.4, -0.2) is 4.57 Å². The van der Waals surface area contributed by atoms with Gasteiger partial charge in [-0.15, -0.1) is 0 Å². The zero-order valence-electron chi connectivity index (χ0n) is 26.3. The second-order valence-electron chi connectivity index (χ2n) is 12.9. The van der Waals surface area contributed by atoms with E-state index in [9.17, 15) is 0 Å². The van der Waals surface area contributed by atoms with Gasteiger partial charge in [-0.1, -0.05) is 127 Å². The fraction of sp³-hybridized carbons (Fsp3) is 0.0667. The van der Waals surface area contributed by atoms with Gasteiger partial charge in [0.2, 0.25) is 0 Å². The number of benzene rings is 7. The molecule has 0 bridgehead atoms. The lowest BCUT2D eigenvalue weighted by Gasteiger charge is -2.34. The molecule has 0 aliphatic carbocycles. The van der Waals surface area contributed by atoms with Gasteiger partial charge in [0.1, 0.15) is 5.58 Å². The van der Waals surface area contributed by atoms with Gasteiger partial charge in [-0.2, -0.15) is 0 Å². The third-order valence-corrected chi connectivity index (χ3v) is 10.3. The van der Waals surface area contributed by atoms with E-state index in [0.717, 1.165) is 34.0 Å². The molecule has 1 aliphatic heterocycles. The van der Waals surface area contributed by atoms with Crippen molar-refractivity contribution in [2.75, 3.05) is 5.32 Å². The number of para-hydroxylation sites is 3. The molecule has 9 aromatic rings. The van der Waals surface area contributed by atoms with Crippen molar-refractivity contribution in [2.24, 2.45) is 0 Å². The summed E-state index contributed by atoms with van der Waals surface area (Å²) in [6, 6.07) is 59.3. The monoisotopic (exact) mass is 616 g/mol. The van der Waals surface area contributed by atoms with Crippen molar-refractivity contribution in [3.63, 3.8) is 0 Å². The number of anilines is 1. The van der Waals surface area contributed by atoms with Crippen LogP contribution in [-0.2, 0) is 0 Å². The molecule has 0 radical (unpaired) electrons. The first kappa shape index (κ1) is 27.1. The third kappa shape index (κ3) is 4.21. The van der Waals surface area contributed by atoms with E-state index < -0.39 is 0 Å². The third-order valence-electron chi connectivity index (χ3n) is 10.3. The molecule has 1 N–H and O–H groups in total. The lowest BCUT2D eigenvalue weighted by atomic mass is 9.80. The Labute approximate surface area is 278 Å². The Balaban J connectivity index is 1.13. The molecule has 228 valence electrons. The van der Waals surface area contributed by atoms with E-state index in [1.165, 1.54) is 55.3 Å². The van der Waals surface area contributed by atoms with Crippen LogP contribution in [0.2, 0.25) is 0 Å². The van der Waals surface area contributed by atoms with E-state index in [1.807, 2.05) is 0 Å². The maximum Gasteiger partial charge on any atom is 0.159 e. The molecular formula is C45H32N2O. The zero-order chi connectivity index (χ0) is 31.6. The first-order chi connectivity index (χ1) is 23.8. The second kappa shape index (κ2) is 10.8. The quantitative estimate of drug-likeness (QED) is 0.213. The highest BCUT2D eigenvalue weighted by atomic mass is 16.3. The molecule has 3 heterocycles. The standard InChI is InChI=1S/C45H32N2O/c1-3-12-29(13-4-1)31-23-25-42-38(26-31)34-17-8-10-20-41(34)47(42)43-21-11-18-36-35-24-22-32(27-44(35)48-45(36)43)37-28-40(30-14-5-2-6-15-30)46-39-19-9-7-16-33(37)39/h1-27,37,40,46H,28H2. The van der Waals surface area contributed by atoms with Crippen LogP contribution in [0.4, 0.5) is 5.69 Å². The van der Waals surface area contributed by atoms with E-state index in [-0.39, 0.29) is 12.0 Å². The van der Waals surface area contributed by atoms with Gasteiger partial charge >= 0.3 is 0 Å². The summed E-state index contributed by atoms with van der Waals surface area (Å²) in [5.74, 6) is 0.251. The zero-order valence-corrected chi connectivity index (χ0v) is 26.3. The van der Waals surface area contributed by atoms with Gasteiger partial charge in [-0.25, -0.2) is 0 Å². The molecule has 3 nitrogen and oxygen atoms in total. The fourth-order valence-corrected chi connectivity index (χ4v) is 8.00. The highest BCUT2D eigenvalue weighted by Crippen LogP contribution is 2.45. The lowest BCUT2D eigenvalue weighted by Crippen LogP contribution is -2.22. The minimum absolute atomic E-state index is 0.238. The van der Waals surface area contributed by atoms with Crippen LogP contribution in [0.1, 0.15) is 35.1 Å². The molecule has 3 heteroatoms. The van der Waals surface area contributed by atoms with Gasteiger partial charge in [-0.3, -0.25) is 0 Å². The van der Waals surface area contributed by atoms with Gasteiger partial charge in [0.25, 0.3) is 0 Å². The number of fused-ring (bicyclic) bond motifs is 7. The van der Waals surface area contributed by atoms with Crippen LogP contribution in [0, 0.1) is 0 Å². The lowest BCUT2D eigenvalue weighted by molar-refractivity contribution is 0.602. The minimum atomic E-state index is 0.238. The predicted molar refractivity (Wildman–Crippen MR) is 199 cm³/mol. The maximum absolute atomic E-state index is 6.89. The largest absolute Gasteiger partial charge is 0.454 e. The average molecular weight is 617 g/mol. The first-order valence-electron chi connectivity index (χ1n) is 16.7. The van der Waals surface area contributed by atoms with Crippen LogP contribution in [0.25, 0.3) is 60.6 Å². The van der Waals surface area contributed by atoms with Crippen LogP contribution in [0.3, 0.4) is 0 Å². The molecule has 7 aromatic carbocycles. The molecule has 0 spiro atoms. The summed E-state index contributed by atoms with van der Waals surface area (Å²) in [6.45, 7) is 0. The van der Waals surface area contributed by atoms with Crippen molar-refractivity contribution in [1.29, 1.82) is 0 Å². The fourth-order valence-electron chi connectivity index (χ4n) is 8.00. The maximum atomic E-state index is 6.89. The molecule has 0 amide bonds. The summed E-state index contributed by atoms with van der Waals surface area (Å²) < 4.78 is 9.27. The van der Waals surface area contributed by atoms with Crippen molar-refractivity contribution in [3.05, 3.63) is 180 Å². The van der Waals surface area contributed by atoms with Crippen molar-refractivity contribution in [1.82, 2.24) is 4.57 Å². The van der Waals surface area contributed by atoms with E-state index in [0.29, 0.717) is 0 Å². The van der Waals surface area contributed by atoms with Crippen molar-refractivity contribution < 1.29 is 4.42 Å². The van der Waals surface area contributed by atoms with Crippen molar-refractivity contribution in [2.45, 2.75) is 18.4 Å². The molecular weight excluding hydrogens is 585 g/mol. The summed E-state index contributed by atoms with van der Waals surface area (Å²) in [4.78, 5) is 0. The van der Waals surface area contributed by atoms with Gasteiger partial charge in [-0.05, 0) is 70.6 Å². The highest BCUT2D eigenvalue weighted by Gasteiger charge is 2.29. The van der Waals surface area contributed by atoms with Gasteiger partial charge in [0.15, 0.2) is 5.58 Å². The molecule has 1 aliphatic rings. The number of aromatic nitrogens is 1. The Morgan fingerprint density at radius 1 is 0.521 bits per heavy atom. The number of furan rings is 1. The van der Waals surface area contributed by atoms with E-state index in [1.54, 1.807) is 0 Å². The molecule has 0 fully saturated rings. The summed E-state index contributed by atoms with van der Waals surface area (Å²) in [5.41, 5.74) is 12.8. The van der Waals surface area contributed by atoms with Gasteiger partial charge in [0.05, 0.1) is 22.8 Å². The van der Waals surface area contributed by atoms with Gasteiger partial charge in [0, 0.05) is 33.2 Å². The summed E-state index contributed by atoms with van der Waals surface area (Å²) in [6.07, 6.45) is 0.977. The van der Waals surface area contributed by atoms with E-state index in [4.69, 9.17) is 4.42 Å². The normalized spacial score (nSPS) is 16.0. The van der Waals surface area contributed by atoms with E-state index in [2.05, 4.69) is 174 Å². The smallest absolute Gasteiger partial charge is 0.159 e. The predicted octanol–water partition coefficient (Wildman–Crippen LogP) is 12.0. The number of hydrogen-bond acceptors (Lipinski definition) is 2. The minimum Gasteiger partial charge on any atom is -0.454 e. The molecule has 0 saturated carbocycles.